The van der Waals surface area contributed by atoms with Gasteiger partial charge in [0.25, 0.3) is 0 Å². The molecule has 0 saturated carbocycles. The molecule has 1 N–H and O–H groups in total. The zero-order valence-corrected chi connectivity index (χ0v) is 12.7. The summed E-state index contributed by atoms with van der Waals surface area (Å²) in [5, 5.41) is 11.8. The topological polar surface area (TPSA) is 73.0 Å². The number of rotatable bonds is 6. The summed E-state index contributed by atoms with van der Waals surface area (Å²) in [6, 6.07) is 1.86. The number of hydrogen-bond acceptors (Lipinski definition) is 5. The number of aromatic nitrogens is 3. The highest BCUT2D eigenvalue weighted by Crippen LogP contribution is 2.25. The summed E-state index contributed by atoms with van der Waals surface area (Å²) in [5.41, 5.74) is 0.919. The highest BCUT2D eigenvalue weighted by Gasteiger charge is 2.15. The number of aryl methyl sites for hydroxylation is 1. The summed E-state index contributed by atoms with van der Waals surface area (Å²) >= 11 is 1.38. The van der Waals surface area contributed by atoms with Crippen LogP contribution in [0.25, 0.3) is 11.4 Å². The van der Waals surface area contributed by atoms with Gasteiger partial charge >= 0.3 is 0 Å². The van der Waals surface area contributed by atoms with E-state index in [1.165, 1.54) is 11.8 Å². The molecule has 0 radical (unpaired) electrons. The molecule has 6 nitrogen and oxygen atoms in total. The van der Waals surface area contributed by atoms with Crippen LogP contribution in [0.2, 0.25) is 0 Å². The van der Waals surface area contributed by atoms with Crippen LogP contribution in [-0.4, -0.2) is 33.0 Å². The third-order valence-electron chi connectivity index (χ3n) is 2.84. The van der Waals surface area contributed by atoms with E-state index < -0.39 is 0 Å². The van der Waals surface area contributed by atoms with Crippen molar-refractivity contribution < 1.29 is 9.21 Å². The lowest BCUT2D eigenvalue weighted by atomic mass is 10.2. The van der Waals surface area contributed by atoms with Gasteiger partial charge in [-0.05, 0) is 19.4 Å². The molecule has 7 heteroatoms. The van der Waals surface area contributed by atoms with Crippen molar-refractivity contribution in [1.29, 1.82) is 0 Å². The molecule has 1 amide bonds. The molecule has 0 fully saturated rings. The fourth-order valence-electron chi connectivity index (χ4n) is 1.74. The number of nitrogens with one attached hydrogen (secondary N) is 1. The van der Waals surface area contributed by atoms with Gasteiger partial charge in [-0.3, -0.25) is 4.79 Å². The molecular weight excluding hydrogens is 276 g/mol. The lowest BCUT2D eigenvalue weighted by molar-refractivity contribution is -0.118. The lowest BCUT2D eigenvalue weighted by Crippen LogP contribution is -2.25. The van der Waals surface area contributed by atoms with Gasteiger partial charge in [-0.1, -0.05) is 18.7 Å². The summed E-state index contributed by atoms with van der Waals surface area (Å²) in [6.45, 7) is 4.61. The second-order valence-corrected chi connectivity index (χ2v) is 5.34. The van der Waals surface area contributed by atoms with Gasteiger partial charge in [-0.15, -0.1) is 10.2 Å². The van der Waals surface area contributed by atoms with Crippen LogP contribution >= 0.6 is 11.8 Å². The molecule has 0 unspecified atom stereocenters. The molecule has 108 valence electrons. The second kappa shape index (κ2) is 6.60. The molecule has 2 heterocycles. The summed E-state index contributed by atoms with van der Waals surface area (Å²) in [7, 11) is 1.88. The molecule has 0 aromatic carbocycles. The maximum atomic E-state index is 11.6. The highest BCUT2D eigenvalue weighted by atomic mass is 32.2. The van der Waals surface area contributed by atoms with Crippen molar-refractivity contribution in [2.75, 3.05) is 12.3 Å². The molecule has 0 saturated heterocycles. The molecule has 0 aliphatic heterocycles. The van der Waals surface area contributed by atoms with Crippen molar-refractivity contribution in [1.82, 2.24) is 20.1 Å². The lowest BCUT2D eigenvalue weighted by Gasteiger charge is -2.04. The Morgan fingerprint density at radius 1 is 1.50 bits per heavy atom. The van der Waals surface area contributed by atoms with Crippen LogP contribution in [0.5, 0.6) is 0 Å². The van der Waals surface area contributed by atoms with E-state index in [-0.39, 0.29) is 5.91 Å². The van der Waals surface area contributed by atoms with Crippen LogP contribution in [0.1, 0.15) is 19.1 Å². The number of carbonyl (C=O) groups excluding carboxylic acids is 1. The number of amides is 1. The van der Waals surface area contributed by atoms with Crippen molar-refractivity contribution >= 4 is 17.7 Å². The first-order valence-corrected chi connectivity index (χ1v) is 7.45. The Kier molecular flexibility index (Phi) is 4.84. The van der Waals surface area contributed by atoms with Gasteiger partial charge in [-0.25, -0.2) is 0 Å². The van der Waals surface area contributed by atoms with Crippen molar-refractivity contribution in [3.8, 4) is 11.4 Å². The normalized spacial score (nSPS) is 10.8. The number of furan rings is 1. The highest BCUT2D eigenvalue weighted by molar-refractivity contribution is 7.99. The Bertz CT molecular complexity index is 591. The largest absolute Gasteiger partial charge is 0.469 e. The van der Waals surface area contributed by atoms with Crippen molar-refractivity contribution in [3.63, 3.8) is 0 Å². The van der Waals surface area contributed by atoms with E-state index in [1.807, 2.05) is 31.5 Å². The summed E-state index contributed by atoms with van der Waals surface area (Å²) < 4.78 is 7.14. The van der Waals surface area contributed by atoms with Crippen LogP contribution in [0.3, 0.4) is 0 Å². The fourth-order valence-corrected chi connectivity index (χ4v) is 2.48. The van der Waals surface area contributed by atoms with Crippen LogP contribution in [-0.2, 0) is 11.8 Å². The van der Waals surface area contributed by atoms with E-state index in [0.717, 1.165) is 23.6 Å². The van der Waals surface area contributed by atoms with Gasteiger partial charge in [-0.2, -0.15) is 0 Å². The molecule has 0 bridgehead atoms. The van der Waals surface area contributed by atoms with Crippen LogP contribution in [0, 0.1) is 6.92 Å². The SMILES string of the molecule is CCCNC(=O)CSc1nnc(-c2ccoc2C)n1C. The van der Waals surface area contributed by atoms with Crippen molar-refractivity contribution in [2.24, 2.45) is 7.05 Å². The Morgan fingerprint density at radius 3 is 2.95 bits per heavy atom. The average molecular weight is 294 g/mol. The zero-order chi connectivity index (χ0) is 14.5. The van der Waals surface area contributed by atoms with E-state index in [2.05, 4.69) is 15.5 Å². The molecule has 2 aromatic heterocycles. The van der Waals surface area contributed by atoms with Crippen LogP contribution in [0.15, 0.2) is 21.9 Å². The standard InChI is InChI=1S/C13H18N4O2S/c1-4-6-14-11(18)8-20-13-16-15-12(17(13)3)10-5-7-19-9(10)2/h5,7H,4,6,8H2,1-3H3,(H,14,18). The van der Waals surface area contributed by atoms with E-state index in [4.69, 9.17) is 4.42 Å². The first-order chi connectivity index (χ1) is 9.63. The number of thioether (sulfide) groups is 1. The first kappa shape index (κ1) is 14.6. The molecular formula is C13H18N4O2S. The Labute approximate surface area is 121 Å². The predicted molar refractivity (Wildman–Crippen MR) is 77.5 cm³/mol. The summed E-state index contributed by atoms with van der Waals surface area (Å²) in [6.07, 6.45) is 2.56. The predicted octanol–water partition coefficient (Wildman–Crippen LogP) is 2.00. The second-order valence-electron chi connectivity index (χ2n) is 4.39. The third kappa shape index (κ3) is 3.22. The zero-order valence-electron chi connectivity index (χ0n) is 11.8. The van der Waals surface area contributed by atoms with Crippen molar-refractivity contribution in [2.45, 2.75) is 25.4 Å². The van der Waals surface area contributed by atoms with E-state index in [1.54, 1.807) is 6.26 Å². The molecule has 2 aromatic rings. The van der Waals surface area contributed by atoms with E-state index in [0.29, 0.717) is 17.5 Å². The minimum Gasteiger partial charge on any atom is -0.469 e. The Balaban J connectivity index is 2.03. The fraction of sp³-hybridized carbons (Fsp3) is 0.462. The minimum atomic E-state index is 0.0147. The molecule has 0 aliphatic rings. The third-order valence-corrected chi connectivity index (χ3v) is 3.86. The first-order valence-electron chi connectivity index (χ1n) is 6.46. The molecule has 0 aliphatic carbocycles. The molecule has 0 atom stereocenters. The van der Waals surface area contributed by atoms with Gasteiger partial charge in [0.15, 0.2) is 11.0 Å². The molecule has 0 spiro atoms. The van der Waals surface area contributed by atoms with Gasteiger partial charge in [0, 0.05) is 13.6 Å². The number of nitrogens with zero attached hydrogens (tertiary/aromatic N) is 3. The summed E-state index contributed by atoms with van der Waals surface area (Å²) in [5.74, 6) is 1.91. The molecule has 2 rings (SSSR count). The number of carbonyl (C=O) groups is 1. The van der Waals surface area contributed by atoms with Gasteiger partial charge in [0.05, 0.1) is 17.6 Å². The van der Waals surface area contributed by atoms with Gasteiger partial charge in [0.2, 0.25) is 5.91 Å². The van der Waals surface area contributed by atoms with Gasteiger partial charge < -0.3 is 14.3 Å². The van der Waals surface area contributed by atoms with Crippen LogP contribution in [0.4, 0.5) is 0 Å². The van der Waals surface area contributed by atoms with Crippen molar-refractivity contribution in [3.05, 3.63) is 18.1 Å². The van der Waals surface area contributed by atoms with E-state index in [9.17, 15) is 4.79 Å². The maximum absolute atomic E-state index is 11.6. The maximum Gasteiger partial charge on any atom is 0.230 e. The number of hydrogen-bond donors (Lipinski definition) is 1. The quantitative estimate of drug-likeness (QED) is 0.825. The van der Waals surface area contributed by atoms with Gasteiger partial charge in [0.1, 0.15) is 5.76 Å². The minimum absolute atomic E-state index is 0.0147. The average Bonchev–Trinajstić information content (AvgIpc) is 3.00. The monoisotopic (exact) mass is 294 g/mol. The Morgan fingerprint density at radius 2 is 2.30 bits per heavy atom. The Hall–Kier alpha value is -1.76. The summed E-state index contributed by atoms with van der Waals surface area (Å²) in [4.78, 5) is 11.6. The molecule has 20 heavy (non-hydrogen) atoms. The van der Waals surface area contributed by atoms with E-state index >= 15 is 0 Å². The smallest absolute Gasteiger partial charge is 0.230 e. The van der Waals surface area contributed by atoms with Crippen LogP contribution < -0.4 is 5.32 Å².